The van der Waals surface area contributed by atoms with Gasteiger partial charge in [-0.25, -0.2) is 4.98 Å². The first-order valence-corrected chi connectivity index (χ1v) is 10.9. The number of nitrogens with one attached hydrogen (secondary N) is 1. The maximum absolute atomic E-state index is 13.9. The van der Waals surface area contributed by atoms with E-state index in [1.54, 1.807) is 26.6 Å². The molecular formula is C24H26N6O3. The normalized spacial score (nSPS) is 18.1. The smallest absolute Gasteiger partial charge is 0.256 e. The van der Waals surface area contributed by atoms with Gasteiger partial charge in [0.25, 0.3) is 5.91 Å². The fourth-order valence-corrected chi connectivity index (χ4v) is 4.61. The summed E-state index contributed by atoms with van der Waals surface area (Å²) in [5, 5.41) is 8.47. The van der Waals surface area contributed by atoms with E-state index in [0.29, 0.717) is 29.3 Å². The largest absolute Gasteiger partial charge is 0.493 e. The highest BCUT2D eigenvalue weighted by Crippen LogP contribution is 2.40. The van der Waals surface area contributed by atoms with Crippen LogP contribution in [0.1, 0.15) is 41.5 Å². The molecule has 0 saturated carbocycles. The van der Waals surface area contributed by atoms with Gasteiger partial charge in [-0.15, -0.1) is 0 Å². The van der Waals surface area contributed by atoms with Gasteiger partial charge in [-0.1, -0.05) is 11.6 Å². The summed E-state index contributed by atoms with van der Waals surface area (Å²) < 4.78 is 10.9. The van der Waals surface area contributed by atoms with E-state index in [2.05, 4.69) is 22.1 Å². The third-order valence-corrected chi connectivity index (χ3v) is 6.40. The monoisotopic (exact) mass is 446 g/mol. The highest BCUT2D eigenvalue weighted by molar-refractivity contribution is 5.98. The summed E-state index contributed by atoms with van der Waals surface area (Å²) in [5.41, 5.74) is 3.23. The number of hydrogen-bond donors (Lipinski definition) is 1. The number of likely N-dealkylation sites (tertiary alicyclic amines) is 1. The van der Waals surface area contributed by atoms with Gasteiger partial charge in [-0.3, -0.25) is 4.79 Å². The number of aromatic nitrogens is 5. The molecule has 1 unspecified atom stereocenters. The topological polar surface area (TPSA) is 98.2 Å². The summed E-state index contributed by atoms with van der Waals surface area (Å²) >= 11 is 0. The fraction of sp³-hybridized carbons (Fsp3) is 0.333. The molecule has 1 fully saturated rings. The van der Waals surface area contributed by atoms with Gasteiger partial charge < -0.3 is 19.4 Å². The van der Waals surface area contributed by atoms with Crippen LogP contribution in [0.3, 0.4) is 0 Å². The molecule has 170 valence electrons. The molecule has 1 N–H and O–H groups in total. The maximum Gasteiger partial charge on any atom is 0.256 e. The Morgan fingerprint density at radius 1 is 1.09 bits per heavy atom. The van der Waals surface area contributed by atoms with Crippen LogP contribution in [0.2, 0.25) is 0 Å². The second kappa shape index (κ2) is 7.91. The highest BCUT2D eigenvalue weighted by Gasteiger charge is 2.44. The lowest BCUT2D eigenvalue weighted by atomic mass is 9.96. The van der Waals surface area contributed by atoms with Crippen molar-refractivity contribution in [2.24, 2.45) is 0 Å². The molecule has 33 heavy (non-hydrogen) atoms. The molecule has 4 aromatic rings. The average molecular weight is 447 g/mol. The molecule has 5 rings (SSSR count). The van der Waals surface area contributed by atoms with Crippen LogP contribution < -0.4 is 9.47 Å². The predicted octanol–water partition coefficient (Wildman–Crippen LogP) is 3.62. The van der Waals surface area contributed by atoms with Crippen molar-refractivity contribution in [3.05, 3.63) is 59.7 Å². The van der Waals surface area contributed by atoms with E-state index < -0.39 is 5.54 Å². The van der Waals surface area contributed by atoms with Crippen LogP contribution >= 0.6 is 0 Å². The van der Waals surface area contributed by atoms with Crippen LogP contribution in [0.25, 0.3) is 16.7 Å². The fourth-order valence-electron chi connectivity index (χ4n) is 4.61. The summed E-state index contributed by atoms with van der Waals surface area (Å²) in [6.45, 7) is 4.67. The number of methoxy groups -OCH3 is 2. The Hall–Kier alpha value is -3.88. The van der Waals surface area contributed by atoms with E-state index in [0.717, 1.165) is 35.3 Å². The number of carbonyl (C=O) groups excluding carboxylic acids is 1. The molecule has 1 saturated heterocycles. The van der Waals surface area contributed by atoms with Crippen LogP contribution in [0, 0.1) is 6.92 Å². The van der Waals surface area contributed by atoms with Gasteiger partial charge in [0, 0.05) is 18.7 Å². The quantitative estimate of drug-likeness (QED) is 0.503. The molecule has 9 nitrogen and oxygen atoms in total. The van der Waals surface area contributed by atoms with Gasteiger partial charge in [0.1, 0.15) is 5.82 Å². The molecule has 0 spiro atoms. The minimum Gasteiger partial charge on any atom is -0.493 e. The number of hydrogen-bond acceptors (Lipinski definition) is 6. The van der Waals surface area contributed by atoms with Crippen molar-refractivity contribution in [1.82, 2.24) is 29.9 Å². The molecule has 0 radical (unpaired) electrons. The van der Waals surface area contributed by atoms with E-state index in [1.165, 1.54) is 4.80 Å². The second-order valence-corrected chi connectivity index (χ2v) is 8.48. The predicted molar refractivity (Wildman–Crippen MR) is 123 cm³/mol. The minimum absolute atomic E-state index is 0.0679. The SMILES string of the molecule is COc1cc2nc(C3(C)CCCN3C(=O)c3cc(C)ccc3-n3nccn3)[nH]c2cc1OC. The standard InChI is InChI=1S/C24H26N6O3/c1-15-6-7-19(30-25-9-10-26-30)16(12-15)22(31)29-11-5-8-24(29,2)23-27-17-13-20(32-3)21(33-4)14-18(17)28-23/h6-7,9-10,12-14H,5,8,11H2,1-4H3,(H,27,28). The number of benzene rings is 2. The van der Waals surface area contributed by atoms with Gasteiger partial charge in [0.2, 0.25) is 0 Å². The summed E-state index contributed by atoms with van der Waals surface area (Å²) in [7, 11) is 3.21. The number of aryl methyl sites for hydroxylation is 1. The molecule has 1 aliphatic heterocycles. The Bertz CT molecular complexity index is 1290. The molecule has 1 aliphatic rings. The van der Waals surface area contributed by atoms with Crippen LogP contribution in [0.4, 0.5) is 0 Å². The van der Waals surface area contributed by atoms with Crippen molar-refractivity contribution < 1.29 is 14.3 Å². The Labute approximate surface area is 191 Å². The Morgan fingerprint density at radius 3 is 2.55 bits per heavy atom. The molecule has 1 amide bonds. The van der Waals surface area contributed by atoms with Crippen molar-refractivity contribution >= 4 is 16.9 Å². The zero-order valence-corrected chi connectivity index (χ0v) is 19.1. The lowest BCUT2D eigenvalue weighted by molar-refractivity contribution is 0.0605. The molecule has 2 aromatic carbocycles. The Morgan fingerprint density at radius 2 is 1.82 bits per heavy atom. The number of imidazole rings is 1. The molecule has 0 aliphatic carbocycles. The molecular weight excluding hydrogens is 420 g/mol. The van der Waals surface area contributed by atoms with Crippen molar-refractivity contribution in [2.75, 3.05) is 20.8 Å². The summed E-state index contributed by atoms with van der Waals surface area (Å²) in [6.07, 6.45) is 4.89. The van der Waals surface area contributed by atoms with Gasteiger partial charge in [0.15, 0.2) is 11.5 Å². The minimum atomic E-state index is -0.588. The van der Waals surface area contributed by atoms with E-state index in [4.69, 9.17) is 14.5 Å². The van der Waals surface area contributed by atoms with Crippen LogP contribution in [0.15, 0.2) is 42.7 Å². The zero-order chi connectivity index (χ0) is 23.2. The highest BCUT2D eigenvalue weighted by atomic mass is 16.5. The zero-order valence-electron chi connectivity index (χ0n) is 19.1. The van der Waals surface area contributed by atoms with Crippen molar-refractivity contribution in [2.45, 2.75) is 32.2 Å². The summed E-state index contributed by atoms with van der Waals surface area (Å²) in [5.74, 6) is 1.91. The van der Waals surface area contributed by atoms with Crippen LogP contribution in [-0.4, -0.2) is 56.5 Å². The first-order valence-electron chi connectivity index (χ1n) is 10.9. The number of fused-ring (bicyclic) bond motifs is 1. The first-order chi connectivity index (χ1) is 15.9. The summed E-state index contributed by atoms with van der Waals surface area (Å²) in [4.78, 5) is 25.6. The van der Waals surface area contributed by atoms with Crippen LogP contribution in [-0.2, 0) is 5.54 Å². The molecule has 2 aromatic heterocycles. The van der Waals surface area contributed by atoms with E-state index in [9.17, 15) is 4.79 Å². The molecule has 1 atom stereocenters. The van der Waals surface area contributed by atoms with Gasteiger partial charge in [-0.2, -0.15) is 15.0 Å². The maximum atomic E-state index is 13.9. The van der Waals surface area contributed by atoms with E-state index >= 15 is 0 Å². The van der Waals surface area contributed by atoms with Crippen molar-refractivity contribution in [1.29, 1.82) is 0 Å². The van der Waals surface area contributed by atoms with Crippen molar-refractivity contribution in [3.63, 3.8) is 0 Å². The number of amides is 1. The average Bonchev–Trinajstić information content (AvgIpc) is 3.57. The Balaban J connectivity index is 1.57. The second-order valence-electron chi connectivity index (χ2n) is 8.48. The number of nitrogens with zero attached hydrogens (tertiary/aromatic N) is 5. The van der Waals surface area contributed by atoms with Gasteiger partial charge in [0.05, 0.1) is 54.4 Å². The van der Waals surface area contributed by atoms with Gasteiger partial charge in [-0.05, 0) is 38.8 Å². The Kier molecular flexibility index (Phi) is 5.03. The third kappa shape index (κ3) is 3.40. The number of aromatic amines is 1. The van der Waals surface area contributed by atoms with Crippen molar-refractivity contribution in [3.8, 4) is 17.2 Å². The molecule has 9 heteroatoms. The van der Waals surface area contributed by atoms with E-state index in [1.807, 2.05) is 42.2 Å². The first kappa shape index (κ1) is 21.0. The third-order valence-electron chi connectivity index (χ3n) is 6.40. The van der Waals surface area contributed by atoms with Crippen LogP contribution in [0.5, 0.6) is 11.5 Å². The number of H-pyrrole nitrogens is 1. The molecule has 0 bridgehead atoms. The lowest BCUT2D eigenvalue weighted by Gasteiger charge is -2.34. The summed E-state index contributed by atoms with van der Waals surface area (Å²) in [6, 6.07) is 9.46. The van der Waals surface area contributed by atoms with Gasteiger partial charge >= 0.3 is 0 Å². The number of ether oxygens (including phenoxy) is 2. The lowest BCUT2D eigenvalue weighted by Crippen LogP contribution is -2.44. The van der Waals surface area contributed by atoms with E-state index in [-0.39, 0.29) is 5.91 Å². The molecule has 3 heterocycles. The number of carbonyl (C=O) groups is 1. The number of rotatable bonds is 5.